The number of amides is 1. The Morgan fingerprint density at radius 1 is 1.47 bits per heavy atom. The zero-order chi connectivity index (χ0) is 14.0. The number of anilines is 1. The van der Waals surface area contributed by atoms with E-state index in [1.165, 1.54) is 18.2 Å². The molecule has 0 bridgehead atoms. The molecule has 2 rings (SSSR count). The molecule has 0 aliphatic carbocycles. The van der Waals surface area contributed by atoms with Crippen molar-refractivity contribution in [3.8, 4) is 5.75 Å². The quantitative estimate of drug-likeness (QED) is 0.843. The minimum Gasteiger partial charge on any atom is -0.768 e. The van der Waals surface area contributed by atoms with Crippen LogP contribution in [0, 0.1) is 0 Å². The summed E-state index contributed by atoms with van der Waals surface area (Å²) in [5.74, 6) is -0.687. The van der Waals surface area contributed by atoms with E-state index in [9.17, 15) is 18.7 Å². The molecule has 100 valence electrons. The number of halogens is 1. The Hall–Kier alpha value is -1.48. The van der Waals surface area contributed by atoms with E-state index in [2.05, 4.69) is 10.3 Å². The lowest BCUT2D eigenvalue weighted by atomic mass is 10.2. The molecule has 0 radical (unpaired) electrons. The average Bonchev–Trinajstić information content (AvgIpc) is 2.76. The van der Waals surface area contributed by atoms with Crippen LogP contribution in [0.5, 0.6) is 5.75 Å². The third-order valence-corrected chi connectivity index (χ3v) is 4.03. The van der Waals surface area contributed by atoms with Gasteiger partial charge in [0.15, 0.2) is 5.13 Å². The molecule has 0 aliphatic rings. The molecule has 2 aromatic rings. The molecule has 0 saturated carbocycles. The Bertz CT molecular complexity index is 638. The maximum atomic E-state index is 11.8. The number of aromatic hydroxyl groups is 1. The lowest BCUT2D eigenvalue weighted by Crippen LogP contribution is -2.11. The molecule has 19 heavy (non-hydrogen) atoms. The van der Waals surface area contributed by atoms with E-state index >= 15 is 0 Å². The SMILES string of the molecule is O=C(Nc1ncc(S(=O)[O-])s1)c1cc(O)cc(Cl)c1. The van der Waals surface area contributed by atoms with Crippen LogP contribution in [-0.2, 0) is 11.1 Å². The molecule has 1 unspecified atom stereocenters. The van der Waals surface area contributed by atoms with Gasteiger partial charge in [0.05, 0.1) is 10.4 Å². The van der Waals surface area contributed by atoms with Gasteiger partial charge < -0.3 is 9.66 Å². The normalized spacial score (nSPS) is 12.1. The van der Waals surface area contributed by atoms with E-state index in [1.54, 1.807) is 0 Å². The van der Waals surface area contributed by atoms with Gasteiger partial charge in [-0.25, -0.2) is 4.98 Å². The molecule has 1 heterocycles. The molecular weight excluding hydrogens is 312 g/mol. The fourth-order valence-corrected chi connectivity index (χ4v) is 2.69. The zero-order valence-corrected chi connectivity index (χ0v) is 11.5. The number of phenolic OH excluding ortho intramolecular Hbond substituents is 1. The van der Waals surface area contributed by atoms with Crippen LogP contribution in [0.4, 0.5) is 5.13 Å². The van der Waals surface area contributed by atoms with Crippen molar-refractivity contribution in [2.24, 2.45) is 0 Å². The Kier molecular flexibility index (Phi) is 4.15. The summed E-state index contributed by atoms with van der Waals surface area (Å²) in [7, 11) is 0. The number of aromatic nitrogens is 1. The first-order chi connectivity index (χ1) is 8.95. The molecular formula is C10H6ClN2O4S2-. The second-order valence-electron chi connectivity index (χ2n) is 3.37. The van der Waals surface area contributed by atoms with Gasteiger partial charge in [0.2, 0.25) is 0 Å². The molecule has 1 amide bonds. The number of carbonyl (C=O) groups excluding carboxylic acids is 1. The average molecular weight is 318 g/mol. The van der Waals surface area contributed by atoms with Crippen LogP contribution in [0.25, 0.3) is 0 Å². The standard InChI is InChI=1S/C10H7ClN2O4S2/c11-6-1-5(2-7(14)3-6)9(15)13-10-12-4-8(18-10)19(16)17/h1-4,14H,(H,16,17)(H,12,13,15)/p-1. The summed E-state index contributed by atoms with van der Waals surface area (Å²) in [6.45, 7) is 0. The van der Waals surface area contributed by atoms with Gasteiger partial charge in [-0.2, -0.15) is 0 Å². The van der Waals surface area contributed by atoms with Gasteiger partial charge in [0.1, 0.15) is 5.75 Å². The van der Waals surface area contributed by atoms with Crippen molar-refractivity contribution in [3.05, 3.63) is 35.0 Å². The number of nitrogens with one attached hydrogen (secondary N) is 1. The summed E-state index contributed by atoms with van der Waals surface area (Å²) >= 11 is 4.15. The minimum absolute atomic E-state index is 0.0178. The predicted molar refractivity (Wildman–Crippen MR) is 70.4 cm³/mol. The van der Waals surface area contributed by atoms with Crippen LogP contribution in [0.15, 0.2) is 28.6 Å². The molecule has 0 spiro atoms. The van der Waals surface area contributed by atoms with Gasteiger partial charge in [-0.3, -0.25) is 14.3 Å². The highest BCUT2D eigenvalue weighted by Gasteiger charge is 2.11. The van der Waals surface area contributed by atoms with Crippen LogP contribution in [0.3, 0.4) is 0 Å². The Morgan fingerprint density at radius 3 is 2.79 bits per heavy atom. The van der Waals surface area contributed by atoms with Crippen molar-refractivity contribution in [3.63, 3.8) is 0 Å². The molecule has 6 nitrogen and oxygen atoms in total. The van der Waals surface area contributed by atoms with E-state index in [0.29, 0.717) is 0 Å². The number of nitrogens with zero attached hydrogens (tertiary/aromatic N) is 1. The monoisotopic (exact) mass is 317 g/mol. The minimum atomic E-state index is -2.38. The number of carbonyl (C=O) groups is 1. The van der Waals surface area contributed by atoms with Crippen LogP contribution >= 0.6 is 22.9 Å². The zero-order valence-electron chi connectivity index (χ0n) is 9.12. The van der Waals surface area contributed by atoms with Crippen molar-refractivity contribution >= 4 is 45.1 Å². The summed E-state index contributed by atoms with van der Waals surface area (Å²) in [6, 6.07) is 3.90. The summed E-state index contributed by atoms with van der Waals surface area (Å²) in [5, 5.41) is 12.1. The fraction of sp³-hybridized carbons (Fsp3) is 0. The van der Waals surface area contributed by atoms with Crippen LogP contribution in [0.2, 0.25) is 5.02 Å². The Balaban J connectivity index is 2.18. The number of hydrogen-bond donors (Lipinski definition) is 2. The van der Waals surface area contributed by atoms with Crippen molar-refractivity contribution < 1.29 is 18.7 Å². The first-order valence-electron chi connectivity index (χ1n) is 4.81. The van der Waals surface area contributed by atoms with Gasteiger partial charge in [0, 0.05) is 10.6 Å². The number of thiazole rings is 1. The third kappa shape index (κ3) is 3.51. The van der Waals surface area contributed by atoms with Gasteiger partial charge >= 0.3 is 0 Å². The first-order valence-corrected chi connectivity index (χ1v) is 7.08. The largest absolute Gasteiger partial charge is 0.768 e. The highest BCUT2D eigenvalue weighted by molar-refractivity contribution is 7.81. The molecule has 1 atom stereocenters. The molecule has 0 fully saturated rings. The molecule has 9 heteroatoms. The van der Waals surface area contributed by atoms with Gasteiger partial charge in [-0.05, 0) is 29.3 Å². The summed E-state index contributed by atoms with van der Waals surface area (Å²) in [6.07, 6.45) is 1.14. The number of benzene rings is 1. The number of hydrogen-bond acceptors (Lipinski definition) is 6. The van der Waals surface area contributed by atoms with Crippen molar-refractivity contribution in [2.75, 3.05) is 5.32 Å². The van der Waals surface area contributed by atoms with Crippen LogP contribution in [0.1, 0.15) is 10.4 Å². The van der Waals surface area contributed by atoms with Crippen molar-refractivity contribution in [2.45, 2.75) is 4.21 Å². The van der Waals surface area contributed by atoms with Crippen molar-refractivity contribution in [1.82, 2.24) is 4.98 Å². The first kappa shape index (κ1) is 13.9. The van der Waals surface area contributed by atoms with E-state index in [4.69, 9.17) is 11.6 Å². The number of rotatable bonds is 3. The van der Waals surface area contributed by atoms with Crippen LogP contribution in [-0.4, -0.2) is 24.8 Å². The maximum absolute atomic E-state index is 11.8. The molecule has 0 saturated heterocycles. The van der Waals surface area contributed by atoms with E-state index < -0.39 is 17.0 Å². The number of phenols is 1. The Labute approximate surface area is 119 Å². The summed E-state index contributed by atoms with van der Waals surface area (Å²) in [4.78, 5) is 15.6. The predicted octanol–water partition coefficient (Wildman–Crippen LogP) is 1.99. The molecule has 0 aliphatic heterocycles. The lowest BCUT2D eigenvalue weighted by Gasteiger charge is -2.03. The summed E-state index contributed by atoms with van der Waals surface area (Å²) in [5.41, 5.74) is 0.144. The van der Waals surface area contributed by atoms with Gasteiger partial charge in [0.25, 0.3) is 5.91 Å². The Morgan fingerprint density at radius 2 is 2.21 bits per heavy atom. The van der Waals surface area contributed by atoms with Crippen LogP contribution < -0.4 is 5.32 Å². The fourth-order valence-electron chi connectivity index (χ4n) is 1.27. The smallest absolute Gasteiger partial charge is 0.257 e. The van der Waals surface area contributed by atoms with Gasteiger partial charge in [-0.15, -0.1) is 0 Å². The highest BCUT2D eigenvalue weighted by atomic mass is 35.5. The second-order valence-corrected chi connectivity index (χ2v) is 6.01. The third-order valence-electron chi connectivity index (χ3n) is 2.01. The molecule has 2 N–H and O–H groups in total. The lowest BCUT2D eigenvalue weighted by molar-refractivity contribution is 0.102. The molecule has 1 aromatic heterocycles. The second kappa shape index (κ2) is 5.66. The van der Waals surface area contributed by atoms with E-state index in [1.807, 2.05) is 0 Å². The summed E-state index contributed by atoms with van der Waals surface area (Å²) < 4.78 is 21.4. The van der Waals surface area contributed by atoms with Gasteiger partial charge in [-0.1, -0.05) is 22.9 Å². The topological polar surface area (TPSA) is 102 Å². The maximum Gasteiger partial charge on any atom is 0.257 e. The molecule has 1 aromatic carbocycles. The highest BCUT2D eigenvalue weighted by Crippen LogP contribution is 2.23. The van der Waals surface area contributed by atoms with E-state index in [0.717, 1.165) is 17.5 Å². The van der Waals surface area contributed by atoms with Crippen molar-refractivity contribution in [1.29, 1.82) is 0 Å². The van der Waals surface area contributed by atoms with E-state index in [-0.39, 0.29) is 25.7 Å².